The molecule has 1 aromatic heterocycles. The first kappa shape index (κ1) is 11.7. The smallest absolute Gasteiger partial charge is 0.156 e. The number of aromatic nitrogens is 1. The maximum atomic E-state index is 5.50. The van der Waals surface area contributed by atoms with Crippen LogP contribution >= 0.6 is 0 Å². The van der Waals surface area contributed by atoms with E-state index in [0.717, 1.165) is 18.0 Å². The van der Waals surface area contributed by atoms with E-state index in [2.05, 4.69) is 29.1 Å². The minimum atomic E-state index is 0.418. The van der Waals surface area contributed by atoms with Crippen molar-refractivity contribution in [1.82, 2.24) is 5.16 Å². The van der Waals surface area contributed by atoms with Gasteiger partial charge in [-0.2, -0.15) is 0 Å². The maximum Gasteiger partial charge on any atom is 0.156 e. The van der Waals surface area contributed by atoms with Gasteiger partial charge in [-0.25, -0.2) is 0 Å². The van der Waals surface area contributed by atoms with Crippen LogP contribution in [-0.4, -0.2) is 11.7 Å². The minimum Gasteiger partial charge on any atom is -0.364 e. The molecule has 0 aliphatic carbocycles. The highest BCUT2D eigenvalue weighted by Gasteiger charge is 2.09. The van der Waals surface area contributed by atoms with E-state index in [1.807, 2.05) is 24.3 Å². The Bertz CT molecular complexity index is 453. The number of anilines is 1. The van der Waals surface area contributed by atoms with Gasteiger partial charge in [0, 0.05) is 24.8 Å². The summed E-state index contributed by atoms with van der Waals surface area (Å²) in [6.07, 6.45) is 0. The summed E-state index contributed by atoms with van der Waals surface area (Å²) in [5, 5.41) is 3.89. The van der Waals surface area contributed by atoms with E-state index in [4.69, 9.17) is 10.3 Å². The summed E-state index contributed by atoms with van der Waals surface area (Å²) < 4.78 is 5.24. The number of nitrogens with two attached hydrogens (primary N) is 1. The van der Waals surface area contributed by atoms with Gasteiger partial charge in [-0.3, -0.25) is 0 Å². The number of hydrogen-bond donors (Lipinski definition) is 1. The van der Waals surface area contributed by atoms with Crippen LogP contribution in [0, 0.1) is 0 Å². The van der Waals surface area contributed by atoms with Gasteiger partial charge in [0.15, 0.2) is 5.76 Å². The Morgan fingerprint density at radius 2 is 2.06 bits per heavy atom. The van der Waals surface area contributed by atoms with Crippen molar-refractivity contribution < 1.29 is 4.52 Å². The third kappa shape index (κ3) is 2.85. The minimum absolute atomic E-state index is 0.418. The molecule has 0 fully saturated rings. The molecular weight excluding hydrogens is 214 g/mol. The number of rotatable bonds is 5. The molecule has 1 aromatic carbocycles. The van der Waals surface area contributed by atoms with E-state index in [0.29, 0.717) is 13.1 Å². The molecule has 0 atom stereocenters. The van der Waals surface area contributed by atoms with E-state index < -0.39 is 0 Å². The first-order valence-corrected chi connectivity index (χ1v) is 5.78. The fourth-order valence-corrected chi connectivity index (χ4v) is 1.74. The molecule has 4 heteroatoms. The highest BCUT2D eigenvalue weighted by atomic mass is 16.5. The van der Waals surface area contributed by atoms with Crippen LogP contribution in [0.4, 0.5) is 5.69 Å². The second kappa shape index (κ2) is 5.50. The monoisotopic (exact) mass is 231 g/mol. The fourth-order valence-electron chi connectivity index (χ4n) is 1.74. The first-order chi connectivity index (χ1) is 8.33. The summed E-state index contributed by atoms with van der Waals surface area (Å²) in [4.78, 5) is 2.22. The molecule has 4 nitrogen and oxygen atoms in total. The number of hydrogen-bond acceptors (Lipinski definition) is 4. The lowest BCUT2D eigenvalue weighted by Gasteiger charge is -2.21. The van der Waals surface area contributed by atoms with Crippen LogP contribution in [0.5, 0.6) is 0 Å². The Morgan fingerprint density at radius 1 is 1.29 bits per heavy atom. The number of nitrogens with zero attached hydrogens (tertiary/aromatic N) is 2. The Hall–Kier alpha value is -1.81. The molecule has 0 aliphatic heterocycles. The summed E-state index contributed by atoms with van der Waals surface area (Å²) in [6, 6.07) is 12.2. The molecule has 90 valence electrons. The average Bonchev–Trinajstić information content (AvgIpc) is 2.84. The van der Waals surface area contributed by atoms with Gasteiger partial charge in [-0.1, -0.05) is 23.4 Å². The van der Waals surface area contributed by atoms with Crippen molar-refractivity contribution in [3.05, 3.63) is 47.9 Å². The van der Waals surface area contributed by atoms with Crippen LogP contribution in [0.25, 0.3) is 0 Å². The van der Waals surface area contributed by atoms with Crippen molar-refractivity contribution in [2.75, 3.05) is 11.4 Å². The second-order valence-electron chi connectivity index (χ2n) is 3.84. The Labute approximate surface area is 101 Å². The summed E-state index contributed by atoms with van der Waals surface area (Å²) in [5.74, 6) is 0.844. The molecule has 2 aromatic rings. The maximum absolute atomic E-state index is 5.50. The van der Waals surface area contributed by atoms with Gasteiger partial charge in [0.05, 0.1) is 12.2 Å². The van der Waals surface area contributed by atoms with Crippen LogP contribution in [0.3, 0.4) is 0 Å². The molecule has 0 bridgehead atoms. The van der Waals surface area contributed by atoms with Gasteiger partial charge in [0.25, 0.3) is 0 Å². The van der Waals surface area contributed by atoms with Crippen LogP contribution in [-0.2, 0) is 13.1 Å². The van der Waals surface area contributed by atoms with Crippen molar-refractivity contribution in [3.63, 3.8) is 0 Å². The molecule has 0 saturated carbocycles. The molecule has 0 spiro atoms. The molecule has 2 N–H and O–H groups in total. The van der Waals surface area contributed by atoms with Crippen LogP contribution in [0.15, 0.2) is 40.9 Å². The molecule has 2 rings (SSSR count). The SMILES string of the molecule is CCN(Cc1cc(CN)no1)c1ccccc1. The zero-order chi connectivity index (χ0) is 12.1. The van der Waals surface area contributed by atoms with Crippen molar-refractivity contribution in [2.45, 2.75) is 20.0 Å². The summed E-state index contributed by atoms with van der Waals surface area (Å²) in [5.41, 5.74) is 7.48. The molecule has 0 amide bonds. The number of benzene rings is 1. The van der Waals surface area contributed by atoms with E-state index in [-0.39, 0.29) is 0 Å². The van der Waals surface area contributed by atoms with E-state index in [9.17, 15) is 0 Å². The molecule has 0 saturated heterocycles. The Balaban J connectivity index is 2.10. The lowest BCUT2D eigenvalue weighted by atomic mass is 10.2. The standard InChI is InChI=1S/C13H17N3O/c1-2-16(12-6-4-3-5-7-12)10-13-8-11(9-14)15-17-13/h3-8H,2,9-10,14H2,1H3. The molecule has 0 unspecified atom stereocenters. The summed E-state index contributed by atoms with van der Waals surface area (Å²) in [6.45, 7) is 4.17. The van der Waals surface area contributed by atoms with Gasteiger partial charge >= 0.3 is 0 Å². The normalized spacial score (nSPS) is 10.5. The molecular formula is C13H17N3O. The van der Waals surface area contributed by atoms with Gasteiger partial charge < -0.3 is 15.2 Å². The zero-order valence-corrected chi connectivity index (χ0v) is 9.97. The zero-order valence-electron chi connectivity index (χ0n) is 9.97. The quantitative estimate of drug-likeness (QED) is 0.856. The van der Waals surface area contributed by atoms with Crippen molar-refractivity contribution in [2.24, 2.45) is 5.73 Å². The highest BCUT2D eigenvalue weighted by molar-refractivity contribution is 5.45. The van der Waals surface area contributed by atoms with Gasteiger partial charge in [0.2, 0.25) is 0 Å². The third-order valence-corrected chi connectivity index (χ3v) is 2.67. The number of para-hydroxylation sites is 1. The highest BCUT2D eigenvalue weighted by Crippen LogP contribution is 2.16. The van der Waals surface area contributed by atoms with Gasteiger partial charge in [-0.15, -0.1) is 0 Å². The lowest BCUT2D eigenvalue weighted by molar-refractivity contribution is 0.376. The molecule has 0 aliphatic rings. The van der Waals surface area contributed by atoms with E-state index in [1.165, 1.54) is 5.69 Å². The lowest BCUT2D eigenvalue weighted by Crippen LogP contribution is -2.21. The largest absolute Gasteiger partial charge is 0.364 e. The Kier molecular flexibility index (Phi) is 3.77. The second-order valence-corrected chi connectivity index (χ2v) is 3.84. The van der Waals surface area contributed by atoms with Crippen molar-refractivity contribution in [1.29, 1.82) is 0 Å². The third-order valence-electron chi connectivity index (χ3n) is 2.67. The van der Waals surface area contributed by atoms with Crippen LogP contribution < -0.4 is 10.6 Å². The Morgan fingerprint density at radius 3 is 2.65 bits per heavy atom. The van der Waals surface area contributed by atoms with E-state index >= 15 is 0 Å². The predicted octanol–water partition coefficient (Wildman–Crippen LogP) is 2.16. The van der Waals surface area contributed by atoms with Gasteiger partial charge in [0.1, 0.15) is 0 Å². The van der Waals surface area contributed by atoms with Crippen molar-refractivity contribution >= 4 is 5.69 Å². The summed E-state index contributed by atoms with van der Waals surface area (Å²) in [7, 11) is 0. The average molecular weight is 231 g/mol. The van der Waals surface area contributed by atoms with Crippen LogP contribution in [0.1, 0.15) is 18.4 Å². The van der Waals surface area contributed by atoms with E-state index in [1.54, 1.807) is 0 Å². The van der Waals surface area contributed by atoms with Gasteiger partial charge in [-0.05, 0) is 19.1 Å². The molecule has 1 heterocycles. The first-order valence-electron chi connectivity index (χ1n) is 5.78. The van der Waals surface area contributed by atoms with Crippen LogP contribution in [0.2, 0.25) is 0 Å². The molecule has 0 radical (unpaired) electrons. The van der Waals surface area contributed by atoms with Crippen molar-refractivity contribution in [3.8, 4) is 0 Å². The topological polar surface area (TPSA) is 55.3 Å². The predicted molar refractivity (Wildman–Crippen MR) is 67.6 cm³/mol. The molecule has 17 heavy (non-hydrogen) atoms. The fraction of sp³-hybridized carbons (Fsp3) is 0.308. The summed E-state index contributed by atoms with van der Waals surface area (Å²) >= 11 is 0.